The van der Waals surface area contributed by atoms with Crippen LogP contribution in [0.4, 0.5) is 0 Å². The van der Waals surface area contributed by atoms with Gasteiger partial charge < -0.3 is 0 Å². The smallest absolute Gasteiger partial charge is 0.0481 e. The third-order valence-corrected chi connectivity index (χ3v) is 4.95. The maximum atomic E-state index is 2.68. The zero-order valence-electron chi connectivity index (χ0n) is 11.3. The number of nitrogens with zero attached hydrogens (tertiary/aromatic N) is 1. The van der Waals surface area contributed by atoms with E-state index in [-0.39, 0.29) is 0 Å². The summed E-state index contributed by atoms with van der Waals surface area (Å²) >= 11 is 1.90. The van der Waals surface area contributed by atoms with Crippen molar-refractivity contribution in [3.05, 3.63) is 58.3 Å². The van der Waals surface area contributed by atoms with Crippen molar-refractivity contribution in [1.82, 2.24) is 4.90 Å². The minimum Gasteiger partial charge on any atom is -0.295 e. The van der Waals surface area contributed by atoms with Gasteiger partial charge in [-0.15, -0.1) is 11.3 Å². The monoisotopic (exact) mass is 271 g/mol. The van der Waals surface area contributed by atoms with Crippen molar-refractivity contribution in [2.75, 3.05) is 13.1 Å². The number of thiophene rings is 1. The Kier molecular flexibility index (Phi) is 4.31. The molecule has 0 spiro atoms. The summed E-state index contributed by atoms with van der Waals surface area (Å²) in [5.74, 6) is 0. The summed E-state index contributed by atoms with van der Waals surface area (Å²) in [5, 5.41) is 2.21. The first kappa shape index (κ1) is 12.9. The molecule has 1 nitrogen and oxygen atoms in total. The molecule has 0 aliphatic carbocycles. The van der Waals surface area contributed by atoms with E-state index in [1.807, 2.05) is 11.3 Å². The van der Waals surface area contributed by atoms with E-state index >= 15 is 0 Å². The van der Waals surface area contributed by atoms with Gasteiger partial charge in [0.25, 0.3) is 0 Å². The van der Waals surface area contributed by atoms with E-state index in [9.17, 15) is 0 Å². The Morgan fingerprint density at radius 1 is 0.947 bits per heavy atom. The van der Waals surface area contributed by atoms with Crippen LogP contribution in [-0.2, 0) is 6.42 Å². The molecule has 0 bridgehead atoms. The second-order valence-corrected chi connectivity index (χ2v) is 6.30. The molecule has 100 valence electrons. The highest BCUT2D eigenvalue weighted by Gasteiger charge is 2.23. The molecule has 1 atom stereocenters. The van der Waals surface area contributed by atoms with Gasteiger partial charge in [0.15, 0.2) is 0 Å². The Morgan fingerprint density at radius 3 is 2.42 bits per heavy atom. The molecule has 3 rings (SSSR count). The van der Waals surface area contributed by atoms with E-state index in [0.29, 0.717) is 6.04 Å². The van der Waals surface area contributed by atoms with Crippen LogP contribution in [0.5, 0.6) is 0 Å². The summed E-state index contributed by atoms with van der Waals surface area (Å²) < 4.78 is 0. The highest BCUT2D eigenvalue weighted by Crippen LogP contribution is 2.30. The topological polar surface area (TPSA) is 3.24 Å². The lowest BCUT2D eigenvalue weighted by molar-refractivity contribution is 0.164. The van der Waals surface area contributed by atoms with Crippen molar-refractivity contribution >= 4 is 11.3 Å². The van der Waals surface area contributed by atoms with Gasteiger partial charge in [-0.25, -0.2) is 0 Å². The van der Waals surface area contributed by atoms with Crippen LogP contribution in [0.3, 0.4) is 0 Å². The van der Waals surface area contributed by atoms with E-state index in [2.05, 4.69) is 52.7 Å². The maximum Gasteiger partial charge on any atom is 0.0481 e. The van der Waals surface area contributed by atoms with E-state index < -0.39 is 0 Å². The number of rotatable bonds is 4. The molecule has 0 radical (unpaired) electrons. The molecular weight excluding hydrogens is 250 g/mol. The van der Waals surface area contributed by atoms with Crippen LogP contribution in [-0.4, -0.2) is 18.0 Å². The van der Waals surface area contributed by atoms with Crippen LogP contribution in [0, 0.1) is 0 Å². The molecule has 19 heavy (non-hydrogen) atoms. The van der Waals surface area contributed by atoms with Gasteiger partial charge in [-0.1, -0.05) is 42.8 Å². The molecule has 1 aliphatic heterocycles. The van der Waals surface area contributed by atoms with Gasteiger partial charge in [-0.05, 0) is 49.4 Å². The van der Waals surface area contributed by atoms with Gasteiger partial charge in [0.05, 0.1) is 0 Å². The van der Waals surface area contributed by atoms with Gasteiger partial charge in [0.2, 0.25) is 0 Å². The average Bonchev–Trinajstić information content (AvgIpc) is 3.01. The minimum absolute atomic E-state index is 0.572. The predicted octanol–water partition coefficient (Wildman–Crippen LogP) is 4.52. The lowest BCUT2D eigenvalue weighted by Crippen LogP contribution is -2.34. The maximum absolute atomic E-state index is 2.68. The molecule has 0 saturated carbocycles. The normalized spacial score (nSPS) is 18.3. The summed E-state index contributed by atoms with van der Waals surface area (Å²) in [6.07, 6.45) is 5.26. The fourth-order valence-corrected chi connectivity index (χ4v) is 3.82. The Labute approximate surface area is 119 Å². The molecule has 2 heterocycles. The van der Waals surface area contributed by atoms with Crippen LogP contribution >= 0.6 is 11.3 Å². The van der Waals surface area contributed by atoms with Crippen LogP contribution in [0.2, 0.25) is 0 Å². The minimum atomic E-state index is 0.572. The molecule has 1 aromatic carbocycles. The summed E-state index contributed by atoms with van der Waals surface area (Å²) in [7, 11) is 0. The number of hydrogen-bond donors (Lipinski definition) is 0. The summed E-state index contributed by atoms with van der Waals surface area (Å²) in [6, 6.07) is 16.0. The van der Waals surface area contributed by atoms with Gasteiger partial charge in [-0.3, -0.25) is 4.90 Å². The molecule has 1 aromatic heterocycles. The number of piperidine rings is 1. The second kappa shape index (κ2) is 6.36. The summed E-state index contributed by atoms with van der Waals surface area (Å²) in [4.78, 5) is 4.20. The van der Waals surface area contributed by atoms with Crippen molar-refractivity contribution in [3.8, 4) is 0 Å². The Morgan fingerprint density at radius 2 is 1.74 bits per heavy atom. The lowest BCUT2D eigenvalue weighted by Gasteiger charge is -2.34. The quantitative estimate of drug-likeness (QED) is 0.790. The van der Waals surface area contributed by atoms with E-state index in [1.165, 1.54) is 42.8 Å². The van der Waals surface area contributed by atoms with E-state index in [4.69, 9.17) is 0 Å². The number of likely N-dealkylation sites (tertiary alicyclic amines) is 1. The summed E-state index contributed by atoms with van der Waals surface area (Å²) in [6.45, 7) is 2.52. The van der Waals surface area contributed by atoms with Crippen molar-refractivity contribution in [2.24, 2.45) is 0 Å². The molecule has 2 aromatic rings. The van der Waals surface area contributed by atoms with Gasteiger partial charge in [0.1, 0.15) is 0 Å². The lowest BCUT2D eigenvalue weighted by atomic mass is 10.0. The Balaban J connectivity index is 1.80. The molecule has 1 aliphatic rings. The predicted molar refractivity (Wildman–Crippen MR) is 82.6 cm³/mol. The first-order chi connectivity index (χ1) is 9.43. The second-order valence-electron chi connectivity index (χ2n) is 5.32. The Hall–Kier alpha value is -1.12. The summed E-state index contributed by atoms with van der Waals surface area (Å²) in [5.41, 5.74) is 1.45. The highest BCUT2D eigenvalue weighted by atomic mass is 32.1. The van der Waals surface area contributed by atoms with E-state index in [1.54, 1.807) is 0 Å². The zero-order chi connectivity index (χ0) is 12.9. The molecule has 1 saturated heterocycles. The van der Waals surface area contributed by atoms with Gasteiger partial charge >= 0.3 is 0 Å². The van der Waals surface area contributed by atoms with Gasteiger partial charge in [-0.2, -0.15) is 0 Å². The van der Waals surface area contributed by atoms with Gasteiger partial charge in [0, 0.05) is 10.9 Å². The van der Waals surface area contributed by atoms with Crippen LogP contribution in [0.25, 0.3) is 0 Å². The molecule has 1 fully saturated rings. The molecule has 0 N–H and O–H groups in total. The van der Waals surface area contributed by atoms with Crippen molar-refractivity contribution in [2.45, 2.75) is 31.7 Å². The third kappa shape index (κ3) is 3.26. The first-order valence-corrected chi connectivity index (χ1v) is 8.13. The Bertz CT molecular complexity index is 471. The SMILES string of the molecule is c1ccc(CC(c2cccs2)N2CCCCC2)cc1. The molecule has 0 amide bonds. The highest BCUT2D eigenvalue weighted by molar-refractivity contribution is 7.10. The van der Waals surface area contributed by atoms with Crippen LogP contribution in [0.15, 0.2) is 47.8 Å². The number of benzene rings is 1. The first-order valence-electron chi connectivity index (χ1n) is 7.25. The van der Waals surface area contributed by atoms with Crippen molar-refractivity contribution in [1.29, 1.82) is 0 Å². The van der Waals surface area contributed by atoms with Crippen molar-refractivity contribution in [3.63, 3.8) is 0 Å². The zero-order valence-corrected chi connectivity index (χ0v) is 12.1. The number of hydrogen-bond acceptors (Lipinski definition) is 2. The van der Waals surface area contributed by atoms with Crippen LogP contribution in [0.1, 0.15) is 35.7 Å². The molecule has 1 unspecified atom stereocenters. The van der Waals surface area contributed by atoms with Crippen LogP contribution < -0.4 is 0 Å². The molecule has 2 heteroatoms. The standard InChI is InChI=1S/C17H21NS/c1-3-8-15(9-4-1)14-16(17-10-7-13-19-17)18-11-5-2-6-12-18/h1,3-4,7-10,13,16H,2,5-6,11-12,14H2. The molecular formula is C17H21NS. The largest absolute Gasteiger partial charge is 0.295 e. The third-order valence-electron chi connectivity index (χ3n) is 3.97. The van der Waals surface area contributed by atoms with Crippen molar-refractivity contribution < 1.29 is 0 Å². The average molecular weight is 271 g/mol. The van der Waals surface area contributed by atoms with E-state index in [0.717, 1.165) is 6.42 Å². The fraction of sp³-hybridized carbons (Fsp3) is 0.412. The fourth-order valence-electron chi connectivity index (χ4n) is 2.96.